The van der Waals surface area contributed by atoms with Crippen LogP contribution in [-0.4, -0.2) is 31.3 Å². The fourth-order valence-electron chi connectivity index (χ4n) is 1.56. The van der Waals surface area contributed by atoms with Crippen molar-refractivity contribution in [1.29, 1.82) is 0 Å². The van der Waals surface area contributed by atoms with E-state index in [4.69, 9.17) is 4.74 Å². The summed E-state index contributed by atoms with van der Waals surface area (Å²) in [5.74, 6) is -0.340. The number of ether oxygens (including phenoxy) is 1. The molecule has 94 valence electrons. The van der Waals surface area contributed by atoms with Gasteiger partial charge in [0.2, 0.25) is 5.91 Å². The van der Waals surface area contributed by atoms with Gasteiger partial charge in [0, 0.05) is 7.11 Å². The second kappa shape index (κ2) is 7.04. The van der Waals surface area contributed by atoms with Gasteiger partial charge in [0.15, 0.2) is 0 Å². The van der Waals surface area contributed by atoms with E-state index in [9.17, 15) is 9.90 Å². The summed E-state index contributed by atoms with van der Waals surface area (Å²) in [7, 11) is 1.56. The average Bonchev–Trinajstić information content (AvgIpc) is 2.37. The van der Waals surface area contributed by atoms with Gasteiger partial charge in [-0.25, -0.2) is 0 Å². The molecule has 1 rings (SSSR count). The molecule has 0 spiro atoms. The minimum Gasteiger partial charge on any atom is -0.394 e. The van der Waals surface area contributed by atoms with Crippen molar-refractivity contribution < 1.29 is 14.6 Å². The molecule has 0 aliphatic heterocycles. The van der Waals surface area contributed by atoms with Gasteiger partial charge in [0.25, 0.3) is 0 Å². The molecule has 17 heavy (non-hydrogen) atoms. The highest BCUT2D eigenvalue weighted by Gasteiger charge is 2.17. The first kappa shape index (κ1) is 13.7. The molecule has 0 saturated carbocycles. The third-order valence-electron chi connectivity index (χ3n) is 2.57. The number of carbonyl (C=O) groups is 1. The molecule has 1 aromatic rings. The lowest BCUT2D eigenvalue weighted by Crippen LogP contribution is -2.36. The molecule has 0 aliphatic carbocycles. The molecule has 1 amide bonds. The van der Waals surface area contributed by atoms with E-state index in [-0.39, 0.29) is 24.5 Å². The van der Waals surface area contributed by atoms with Crippen LogP contribution in [0.2, 0.25) is 0 Å². The van der Waals surface area contributed by atoms with E-state index in [1.165, 1.54) is 0 Å². The minimum atomic E-state index is -0.358. The second-order valence-electron chi connectivity index (χ2n) is 4.01. The summed E-state index contributed by atoms with van der Waals surface area (Å²) in [4.78, 5) is 11.8. The third kappa shape index (κ3) is 4.17. The molecule has 4 heteroatoms. The number of aliphatic hydroxyl groups is 1. The predicted octanol–water partition coefficient (Wildman–Crippen LogP) is 1.12. The van der Waals surface area contributed by atoms with Gasteiger partial charge in [0.05, 0.1) is 25.2 Å². The first-order chi connectivity index (χ1) is 8.19. The fourth-order valence-corrected chi connectivity index (χ4v) is 1.56. The van der Waals surface area contributed by atoms with Crippen molar-refractivity contribution in [1.82, 2.24) is 5.32 Å². The summed E-state index contributed by atoms with van der Waals surface area (Å²) >= 11 is 0. The van der Waals surface area contributed by atoms with Crippen LogP contribution >= 0.6 is 0 Å². The van der Waals surface area contributed by atoms with Gasteiger partial charge >= 0.3 is 0 Å². The van der Waals surface area contributed by atoms with Crippen LogP contribution in [0.5, 0.6) is 0 Å². The fraction of sp³-hybridized carbons (Fsp3) is 0.462. The zero-order chi connectivity index (χ0) is 12.7. The Balaban J connectivity index is 2.62. The first-order valence-corrected chi connectivity index (χ1v) is 5.64. The average molecular weight is 237 g/mol. The Labute approximate surface area is 102 Å². The van der Waals surface area contributed by atoms with Crippen LogP contribution in [-0.2, 0) is 9.53 Å². The highest BCUT2D eigenvalue weighted by Crippen LogP contribution is 2.12. The number of carbonyl (C=O) groups excluding carboxylic acids is 1. The molecular formula is C13H19NO3. The lowest BCUT2D eigenvalue weighted by atomic mass is 10.1. The van der Waals surface area contributed by atoms with Gasteiger partial charge in [0.1, 0.15) is 0 Å². The SMILES string of the molecule is COC[C@@H](C)C(=O)N[C@H](CO)c1ccccc1. The van der Waals surface area contributed by atoms with Gasteiger partial charge in [-0.1, -0.05) is 37.3 Å². The van der Waals surface area contributed by atoms with E-state index in [1.807, 2.05) is 30.3 Å². The second-order valence-corrected chi connectivity index (χ2v) is 4.01. The molecule has 0 saturated heterocycles. The number of benzene rings is 1. The standard InChI is InChI=1S/C13H19NO3/c1-10(9-17-2)13(16)14-12(8-15)11-6-4-3-5-7-11/h3-7,10,12,15H,8-9H2,1-2H3,(H,14,16)/t10-,12-/m1/s1. The quantitative estimate of drug-likeness (QED) is 0.779. The van der Waals surface area contributed by atoms with Crippen molar-refractivity contribution in [3.05, 3.63) is 35.9 Å². The summed E-state index contributed by atoms with van der Waals surface area (Å²) < 4.78 is 4.92. The normalized spacial score (nSPS) is 14.1. The topological polar surface area (TPSA) is 58.6 Å². The Morgan fingerprint density at radius 3 is 2.59 bits per heavy atom. The van der Waals surface area contributed by atoms with Crippen LogP contribution in [0.4, 0.5) is 0 Å². The highest BCUT2D eigenvalue weighted by molar-refractivity contribution is 5.78. The van der Waals surface area contributed by atoms with Crippen LogP contribution in [0.15, 0.2) is 30.3 Å². The summed E-state index contributed by atoms with van der Waals surface area (Å²) in [5, 5.41) is 12.1. The third-order valence-corrected chi connectivity index (χ3v) is 2.57. The molecule has 0 fully saturated rings. The number of methoxy groups -OCH3 is 1. The molecule has 4 nitrogen and oxygen atoms in total. The Morgan fingerprint density at radius 1 is 1.41 bits per heavy atom. The Bertz CT molecular complexity index is 340. The van der Waals surface area contributed by atoms with Crippen LogP contribution in [0.25, 0.3) is 0 Å². The maximum absolute atomic E-state index is 11.8. The molecule has 1 aromatic carbocycles. The van der Waals surface area contributed by atoms with E-state index in [0.717, 1.165) is 5.56 Å². The monoisotopic (exact) mass is 237 g/mol. The van der Waals surface area contributed by atoms with Gasteiger partial charge < -0.3 is 15.2 Å². The van der Waals surface area contributed by atoms with Crippen LogP contribution < -0.4 is 5.32 Å². The summed E-state index contributed by atoms with van der Waals surface area (Å²) in [6.07, 6.45) is 0. The molecule has 2 N–H and O–H groups in total. The van der Waals surface area contributed by atoms with Crippen LogP contribution in [0, 0.1) is 5.92 Å². The van der Waals surface area contributed by atoms with Crippen molar-refractivity contribution in [3.63, 3.8) is 0 Å². The largest absolute Gasteiger partial charge is 0.394 e. The van der Waals surface area contributed by atoms with E-state index in [2.05, 4.69) is 5.32 Å². The van der Waals surface area contributed by atoms with E-state index in [0.29, 0.717) is 6.61 Å². The van der Waals surface area contributed by atoms with E-state index < -0.39 is 0 Å². The number of aliphatic hydroxyl groups excluding tert-OH is 1. The first-order valence-electron chi connectivity index (χ1n) is 5.64. The maximum atomic E-state index is 11.8. The number of hydrogen-bond acceptors (Lipinski definition) is 3. The van der Waals surface area contributed by atoms with E-state index in [1.54, 1.807) is 14.0 Å². The number of amides is 1. The highest BCUT2D eigenvalue weighted by atomic mass is 16.5. The molecule has 0 heterocycles. The van der Waals surface area contributed by atoms with Crippen molar-refractivity contribution in [2.45, 2.75) is 13.0 Å². The molecule has 0 aromatic heterocycles. The Kier molecular flexibility index (Phi) is 5.66. The van der Waals surface area contributed by atoms with Crippen molar-refractivity contribution in [2.24, 2.45) is 5.92 Å². The Morgan fingerprint density at radius 2 is 2.06 bits per heavy atom. The summed E-state index contributed by atoms with van der Waals surface area (Å²) in [5.41, 5.74) is 0.896. The molecular weight excluding hydrogens is 218 g/mol. The lowest BCUT2D eigenvalue weighted by molar-refractivity contribution is -0.127. The van der Waals surface area contributed by atoms with Gasteiger partial charge in [-0.05, 0) is 5.56 Å². The maximum Gasteiger partial charge on any atom is 0.225 e. The number of nitrogens with one attached hydrogen (secondary N) is 1. The number of hydrogen-bond donors (Lipinski definition) is 2. The summed E-state index contributed by atoms with van der Waals surface area (Å²) in [6, 6.07) is 9.05. The van der Waals surface area contributed by atoms with Crippen molar-refractivity contribution in [3.8, 4) is 0 Å². The predicted molar refractivity (Wildman–Crippen MR) is 65.5 cm³/mol. The van der Waals surface area contributed by atoms with Crippen LogP contribution in [0.3, 0.4) is 0 Å². The smallest absolute Gasteiger partial charge is 0.225 e. The van der Waals surface area contributed by atoms with Gasteiger partial charge in [-0.15, -0.1) is 0 Å². The van der Waals surface area contributed by atoms with Crippen molar-refractivity contribution >= 4 is 5.91 Å². The molecule has 0 unspecified atom stereocenters. The minimum absolute atomic E-state index is 0.116. The number of rotatable bonds is 6. The molecule has 2 atom stereocenters. The van der Waals surface area contributed by atoms with Gasteiger partial charge in [-0.3, -0.25) is 4.79 Å². The zero-order valence-corrected chi connectivity index (χ0v) is 10.2. The van der Waals surface area contributed by atoms with Crippen LogP contribution in [0.1, 0.15) is 18.5 Å². The van der Waals surface area contributed by atoms with E-state index >= 15 is 0 Å². The van der Waals surface area contributed by atoms with Gasteiger partial charge in [-0.2, -0.15) is 0 Å². The molecule has 0 radical (unpaired) electrons. The Hall–Kier alpha value is -1.39. The lowest BCUT2D eigenvalue weighted by Gasteiger charge is -2.19. The summed E-state index contributed by atoms with van der Waals surface area (Å²) in [6.45, 7) is 2.05. The van der Waals surface area contributed by atoms with Crippen molar-refractivity contribution in [2.75, 3.05) is 20.3 Å². The molecule has 0 aliphatic rings. The molecule has 0 bridgehead atoms. The zero-order valence-electron chi connectivity index (χ0n) is 10.2.